The van der Waals surface area contributed by atoms with Gasteiger partial charge in [-0.25, -0.2) is 4.68 Å². The second kappa shape index (κ2) is 9.34. The van der Waals surface area contributed by atoms with Crippen LogP contribution in [0.3, 0.4) is 0 Å². The van der Waals surface area contributed by atoms with Gasteiger partial charge in [0.05, 0.1) is 52.0 Å². The first-order chi connectivity index (χ1) is 15.1. The monoisotopic (exact) mass is 423 g/mol. The Morgan fingerprint density at radius 3 is 2.29 bits per heavy atom. The van der Waals surface area contributed by atoms with Gasteiger partial charge in [0.15, 0.2) is 6.04 Å². The Labute approximate surface area is 183 Å². The lowest BCUT2D eigenvalue weighted by atomic mass is 10.0. The van der Waals surface area contributed by atoms with Crippen LogP contribution in [0, 0.1) is 0 Å². The summed E-state index contributed by atoms with van der Waals surface area (Å²) in [6.07, 6.45) is 0. The van der Waals surface area contributed by atoms with E-state index < -0.39 is 0 Å². The number of ether oxygens (including phenoxy) is 2. The van der Waals surface area contributed by atoms with Crippen LogP contribution in [0.2, 0.25) is 0 Å². The van der Waals surface area contributed by atoms with Crippen molar-refractivity contribution in [1.29, 1.82) is 0 Å². The van der Waals surface area contributed by atoms with Crippen LogP contribution >= 0.6 is 0 Å². The molecule has 1 aliphatic rings. The van der Waals surface area contributed by atoms with Gasteiger partial charge in [-0.05, 0) is 60.7 Å². The van der Waals surface area contributed by atoms with E-state index in [1.54, 1.807) is 14.2 Å². The first-order valence-electron chi connectivity index (χ1n) is 10.8. The molecular weight excluding hydrogens is 392 g/mol. The van der Waals surface area contributed by atoms with E-state index in [1.807, 2.05) is 28.9 Å². The van der Waals surface area contributed by atoms with Crippen molar-refractivity contribution in [1.82, 2.24) is 20.2 Å². The zero-order valence-electron chi connectivity index (χ0n) is 18.7. The molecule has 2 aromatic carbocycles. The Balaban J connectivity index is 1.61. The number of aromatic nitrogens is 4. The van der Waals surface area contributed by atoms with Gasteiger partial charge in [0.1, 0.15) is 11.5 Å². The molecule has 0 bridgehead atoms. The van der Waals surface area contributed by atoms with Crippen LogP contribution in [0.4, 0.5) is 5.69 Å². The standard InChI is InChI=1S/C23H30N6O2/c1-17(2)29-23(24-25-26-29)22(20-7-5-6-8-21(20)31-4)28-15-13-27(14-16-28)18-9-11-19(30-3)12-10-18/h5-12,17,22H,13-16H2,1-4H3/p+1/t22-/m0/s1. The van der Waals surface area contributed by atoms with Gasteiger partial charge in [-0.2, -0.15) is 0 Å². The molecule has 1 aliphatic heterocycles. The molecule has 1 atom stereocenters. The quantitative estimate of drug-likeness (QED) is 0.625. The van der Waals surface area contributed by atoms with E-state index in [1.165, 1.54) is 10.6 Å². The number of quaternary nitrogens is 1. The lowest BCUT2D eigenvalue weighted by Crippen LogP contribution is -3.15. The van der Waals surface area contributed by atoms with E-state index in [2.05, 4.69) is 58.5 Å². The van der Waals surface area contributed by atoms with Gasteiger partial charge in [0.25, 0.3) is 0 Å². The maximum atomic E-state index is 5.71. The molecule has 1 saturated heterocycles. The molecule has 1 fully saturated rings. The average Bonchev–Trinajstić information content (AvgIpc) is 3.30. The number of hydrogen-bond acceptors (Lipinski definition) is 6. The smallest absolute Gasteiger partial charge is 0.214 e. The summed E-state index contributed by atoms with van der Waals surface area (Å²) >= 11 is 0. The van der Waals surface area contributed by atoms with Crippen molar-refractivity contribution in [2.75, 3.05) is 45.3 Å². The highest BCUT2D eigenvalue weighted by Crippen LogP contribution is 2.28. The third-order valence-corrected chi connectivity index (χ3v) is 5.97. The third kappa shape index (κ3) is 4.34. The number of anilines is 1. The van der Waals surface area contributed by atoms with E-state index in [9.17, 15) is 0 Å². The molecule has 8 heteroatoms. The summed E-state index contributed by atoms with van der Waals surface area (Å²) in [7, 11) is 3.41. The predicted octanol–water partition coefficient (Wildman–Crippen LogP) is 1.77. The minimum absolute atomic E-state index is 0.00608. The maximum Gasteiger partial charge on any atom is 0.214 e. The number of rotatable bonds is 7. The molecule has 0 spiro atoms. The van der Waals surface area contributed by atoms with Gasteiger partial charge in [0.2, 0.25) is 5.82 Å². The number of methoxy groups -OCH3 is 2. The second-order valence-electron chi connectivity index (χ2n) is 8.09. The summed E-state index contributed by atoms with van der Waals surface area (Å²) in [5.41, 5.74) is 2.34. The van der Waals surface area contributed by atoms with Gasteiger partial charge >= 0.3 is 0 Å². The minimum Gasteiger partial charge on any atom is -0.497 e. The highest BCUT2D eigenvalue weighted by molar-refractivity contribution is 5.49. The summed E-state index contributed by atoms with van der Waals surface area (Å²) in [6.45, 7) is 8.07. The lowest BCUT2D eigenvalue weighted by Gasteiger charge is -2.37. The summed E-state index contributed by atoms with van der Waals surface area (Å²) in [5.74, 6) is 2.63. The van der Waals surface area contributed by atoms with Crippen molar-refractivity contribution in [2.45, 2.75) is 25.9 Å². The van der Waals surface area contributed by atoms with Crippen molar-refractivity contribution < 1.29 is 14.4 Å². The zero-order chi connectivity index (χ0) is 21.8. The van der Waals surface area contributed by atoms with Crippen LogP contribution in [0.5, 0.6) is 11.5 Å². The molecule has 0 radical (unpaired) electrons. The van der Waals surface area contributed by atoms with E-state index in [-0.39, 0.29) is 12.1 Å². The van der Waals surface area contributed by atoms with Crippen LogP contribution in [-0.2, 0) is 0 Å². The van der Waals surface area contributed by atoms with Crippen LogP contribution in [0.25, 0.3) is 0 Å². The Bertz CT molecular complexity index is 980. The van der Waals surface area contributed by atoms with Crippen LogP contribution in [0.1, 0.15) is 37.3 Å². The van der Waals surface area contributed by atoms with Crippen LogP contribution < -0.4 is 19.3 Å². The molecule has 1 N–H and O–H groups in total. The fourth-order valence-electron chi connectivity index (χ4n) is 4.34. The molecule has 3 aromatic rings. The fraction of sp³-hybridized carbons (Fsp3) is 0.435. The molecule has 31 heavy (non-hydrogen) atoms. The lowest BCUT2D eigenvalue weighted by molar-refractivity contribution is -0.927. The predicted molar refractivity (Wildman–Crippen MR) is 119 cm³/mol. The number of nitrogens with one attached hydrogen (secondary N) is 1. The maximum absolute atomic E-state index is 5.71. The topological polar surface area (TPSA) is 69.7 Å². The van der Waals surface area contributed by atoms with E-state index >= 15 is 0 Å². The molecule has 164 valence electrons. The number of para-hydroxylation sites is 1. The zero-order valence-corrected chi connectivity index (χ0v) is 18.7. The van der Waals surface area contributed by atoms with Gasteiger partial charge in [-0.15, -0.1) is 5.10 Å². The molecule has 4 rings (SSSR count). The first kappa shape index (κ1) is 21.1. The Morgan fingerprint density at radius 2 is 1.65 bits per heavy atom. The number of tetrazole rings is 1. The highest BCUT2D eigenvalue weighted by Gasteiger charge is 2.36. The molecule has 0 aliphatic carbocycles. The second-order valence-corrected chi connectivity index (χ2v) is 8.09. The number of hydrogen-bond donors (Lipinski definition) is 1. The molecule has 1 aromatic heterocycles. The van der Waals surface area contributed by atoms with Gasteiger partial charge < -0.3 is 19.3 Å². The normalized spacial score (nSPS) is 15.8. The first-order valence-corrected chi connectivity index (χ1v) is 10.8. The Kier molecular flexibility index (Phi) is 6.36. The van der Waals surface area contributed by atoms with Crippen molar-refractivity contribution in [2.24, 2.45) is 0 Å². The summed E-state index contributed by atoms with van der Waals surface area (Å²) in [5, 5.41) is 12.7. The summed E-state index contributed by atoms with van der Waals surface area (Å²) < 4.78 is 12.9. The summed E-state index contributed by atoms with van der Waals surface area (Å²) in [6, 6.07) is 16.7. The van der Waals surface area contributed by atoms with Crippen LogP contribution in [0.15, 0.2) is 48.5 Å². The minimum atomic E-state index is 0.00608. The van der Waals surface area contributed by atoms with Gasteiger partial charge in [-0.3, -0.25) is 0 Å². The number of benzene rings is 2. The van der Waals surface area contributed by atoms with Gasteiger partial charge in [0, 0.05) is 5.69 Å². The fourth-order valence-corrected chi connectivity index (χ4v) is 4.34. The molecule has 0 saturated carbocycles. The highest BCUT2D eigenvalue weighted by atomic mass is 16.5. The van der Waals surface area contributed by atoms with E-state index in [0.29, 0.717) is 0 Å². The molecule has 0 unspecified atom stereocenters. The SMILES string of the molecule is COc1ccc(N2CC[NH+]([C@@H](c3ccccc3OC)c3nnnn3C(C)C)CC2)cc1. The average molecular weight is 424 g/mol. The van der Waals surface area contributed by atoms with Crippen molar-refractivity contribution in [3.63, 3.8) is 0 Å². The summed E-state index contributed by atoms with van der Waals surface area (Å²) in [4.78, 5) is 3.86. The third-order valence-electron chi connectivity index (χ3n) is 5.97. The largest absolute Gasteiger partial charge is 0.497 e. The number of piperazine rings is 1. The Hall–Kier alpha value is -3.13. The molecule has 2 heterocycles. The van der Waals surface area contributed by atoms with Crippen molar-refractivity contribution in [3.05, 3.63) is 59.9 Å². The Morgan fingerprint density at radius 1 is 0.935 bits per heavy atom. The number of nitrogens with zero attached hydrogens (tertiary/aromatic N) is 5. The van der Waals surface area contributed by atoms with Crippen molar-refractivity contribution >= 4 is 5.69 Å². The van der Waals surface area contributed by atoms with E-state index in [0.717, 1.165) is 49.1 Å². The van der Waals surface area contributed by atoms with Gasteiger partial charge in [-0.1, -0.05) is 12.1 Å². The molecular formula is C23H31N6O2+. The van der Waals surface area contributed by atoms with Crippen LogP contribution in [-0.4, -0.2) is 60.6 Å². The molecule has 8 nitrogen and oxygen atoms in total. The van der Waals surface area contributed by atoms with E-state index in [4.69, 9.17) is 9.47 Å². The van der Waals surface area contributed by atoms with Crippen molar-refractivity contribution in [3.8, 4) is 11.5 Å². The molecule has 0 amide bonds.